The second-order valence-electron chi connectivity index (χ2n) is 5.89. The van der Waals surface area contributed by atoms with Gasteiger partial charge in [-0.05, 0) is 62.4 Å². The molecule has 2 aromatic carbocycles. The molecule has 1 amide bonds. The zero-order valence-corrected chi connectivity index (χ0v) is 19.2. The molecule has 0 aromatic heterocycles. The molecule has 0 atom stereocenters. The van der Waals surface area contributed by atoms with Crippen molar-refractivity contribution in [2.75, 3.05) is 17.2 Å². The Morgan fingerprint density at radius 2 is 1.63 bits per heavy atom. The number of benzene rings is 2. The van der Waals surface area contributed by atoms with E-state index in [4.69, 9.17) is 10.5 Å². The average molecular weight is 547 g/mol. The molecular weight excluding hydrogens is 523 g/mol. The van der Waals surface area contributed by atoms with Crippen LogP contribution >= 0.6 is 39.9 Å². The Morgan fingerprint density at radius 3 is 2.22 bits per heavy atom. The summed E-state index contributed by atoms with van der Waals surface area (Å²) in [6, 6.07) is 14.8. The van der Waals surface area contributed by atoms with Gasteiger partial charge in [0.15, 0.2) is 5.96 Å². The molecule has 6 nitrogen and oxygen atoms in total. The second kappa shape index (κ2) is 11.8. The van der Waals surface area contributed by atoms with Gasteiger partial charge in [-0.1, -0.05) is 15.9 Å². The van der Waals surface area contributed by atoms with Gasteiger partial charge in [0.2, 0.25) is 5.91 Å². The van der Waals surface area contributed by atoms with E-state index in [0.29, 0.717) is 6.54 Å². The van der Waals surface area contributed by atoms with Crippen molar-refractivity contribution in [2.24, 2.45) is 10.7 Å². The van der Waals surface area contributed by atoms with Crippen molar-refractivity contribution >= 4 is 63.1 Å². The lowest BCUT2D eigenvalue weighted by molar-refractivity contribution is -0.116. The number of ether oxygens (including phenoxy) is 1. The summed E-state index contributed by atoms with van der Waals surface area (Å²) in [4.78, 5) is 16.1. The Kier molecular flexibility index (Phi) is 10.2. The standard InChI is InChI=1S/C19H23BrN4O2.HI/c1-13(2)26-17-9-7-16(8-10-17)24-19(21)22-12-11-18(25)23-15-5-3-14(20)4-6-15;/h3-10,13H,11-12H2,1-2H3,(H,23,25)(H3,21,22,24);1H. The van der Waals surface area contributed by atoms with Gasteiger partial charge in [-0.15, -0.1) is 24.0 Å². The van der Waals surface area contributed by atoms with Crippen molar-refractivity contribution in [1.82, 2.24) is 0 Å². The summed E-state index contributed by atoms with van der Waals surface area (Å²) in [6.07, 6.45) is 0.378. The van der Waals surface area contributed by atoms with Gasteiger partial charge in [-0.25, -0.2) is 0 Å². The van der Waals surface area contributed by atoms with Crippen LogP contribution in [0.5, 0.6) is 5.75 Å². The summed E-state index contributed by atoms with van der Waals surface area (Å²) in [5, 5.41) is 5.80. The normalized spacial score (nSPS) is 10.9. The maximum Gasteiger partial charge on any atom is 0.226 e. The Balaban J connectivity index is 0.00000364. The molecule has 0 aliphatic heterocycles. The molecule has 8 heteroatoms. The highest BCUT2D eigenvalue weighted by atomic mass is 127. The topological polar surface area (TPSA) is 88.7 Å². The Morgan fingerprint density at radius 1 is 1.07 bits per heavy atom. The summed E-state index contributed by atoms with van der Waals surface area (Å²) in [7, 11) is 0. The molecule has 27 heavy (non-hydrogen) atoms. The highest BCUT2D eigenvalue weighted by molar-refractivity contribution is 14.0. The SMILES string of the molecule is CC(C)Oc1ccc(NC(N)=NCCC(=O)Nc2ccc(Br)cc2)cc1.I. The molecule has 0 heterocycles. The molecule has 0 saturated carbocycles. The summed E-state index contributed by atoms with van der Waals surface area (Å²) < 4.78 is 6.55. The van der Waals surface area contributed by atoms with Gasteiger partial charge < -0.3 is 21.1 Å². The van der Waals surface area contributed by atoms with Gasteiger partial charge in [-0.3, -0.25) is 9.79 Å². The third kappa shape index (κ3) is 9.09. The zero-order valence-electron chi connectivity index (χ0n) is 15.2. The number of carbonyl (C=O) groups is 1. The average Bonchev–Trinajstić information content (AvgIpc) is 2.58. The number of aliphatic imine (C=N–C) groups is 1. The Hall–Kier alpha value is -1.81. The first-order valence-corrected chi connectivity index (χ1v) is 9.11. The summed E-state index contributed by atoms with van der Waals surface area (Å²) in [6.45, 7) is 4.25. The predicted molar refractivity (Wildman–Crippen MR) is 125 cm³/mol. The van der Waals surface area contributed by atoms with Crippen LogP contribution in [0.3, 0.4) is 0 Å². The van der Waals surface area contributed by atoms with Crippen LogP contribution < -0.4 is 21.1 Å². The van der Waals surface area contributed by atoms with Gasteiger partial charge in [0.05, 0.1) is 12.6 Å². The molecule has 2 aromatic rings. The summed E-state index contributed by atoms with van der Waals surface area (Å²) >= 11 is 3.35. The van der Waals surface area contributed by atoms with Crippen LogP contribution in [0, 0.1) is 0 Å². The maximum atomic E-state index is 11.9. The molecule has 4 N–H and O–H groups in total. The van der Waals surface area contributed by atoms with Crippen molar-refractivity contribution in [3.63, 3.8) is 0 Å². The van der Waals surface area contributed by atoms with E-state index in [1.807, 2.05) is 62.4 Å². The fourth-order valence-electron chi connectivity index (χ4n) is 2.11. The number of anilines is 2. The van der Waals surface area contributed by atoms with E-state index in [1.165, 1.54) is 0 Å². The van der Waals surface area contributed by atoms with Gasteiger partial charge >= 0.3 is 0 Å². The van der Waals surface area contributed by atoms with E-state index in [2.05, 4.69) is 31.6 Å². The minimum atomic E-state index is -0.112. The number of hydrogen-bond acceptors (Lipinski definition) is 3. The first kappa shape index (κ1) is 23.2. The van der Waals surface area contributed by atoms with E-state index in [-0.39, 0.29) is 48.4 Å². The largest absolute Gasteiger partial charge is 0.491 e. The second-order valence-corrected chi connectivity index (χ2v) is 6.80. The van der Waals surface area contributed by atoms with Crippen LogP contribution in [0.2, 0.25) is 0 Å². The lowest BCUT2D eigenvalue weighted by Gasteiger charge is -2.11. The fourth-order valence-corrected chi connectivity index (χ4v) is 2.38. The van der Waals surface area contributed by atoms with Gasteiger partial charge in [0, 0.05) is 22.3 Å². The molecule has 0 aliphatic rings. The molecule has 146 valence electrons. The lowest BCUT2D eigenvalue weighted by atomic mass is 10.3. The maximum absolute atomic E-state index is 11.9. The number of nitrogens with one attached hydrogen (secondary N) is 2. The minimum absolute atomic E-state index is 0. The van der Waals surface area contributed by atoms with Crippen molar-refractivity contribution in [1.29, 1.82) is 0 Å². The number of guanidine groups is 1. The van der Waals surface area contributed by atoms with Crippen LogP contribution in [-0.4, -0.2) is 24.5 Å². The van der Waals surface area contributed by atoms with Crippen LogP contribution in [0.15, 0.2) is 58.0 Å². The highest BCUT2D eigenvalue weighted by Gasteiger charge is 2.03. The van der Waals surface area contributed by atoms with E-state index in [9.17, 15) is 4.79 Å². The molecule has 0 fully saturated rings. The van der Waals surface area contributed by atoms with Gasteiger partial charge in [0.25, 0.3) is 0 Å². The first-order valence-electron chi connectivity index (χ1n) is 8.31. The number of amides is 1. The van der Waals surface area contributed by atoms with E-state index in [1.54, 1.807) is 0 Å². The molecule has 0 spiro atoms. The molecule has 0 aliphatic carbocycles. The van der Waals surface area contributed by atoms with E-state index >= 15 is 0 Å². The number of halogens is 2. The highest BCUT2D eigenvalue weighted by Crippen LogP contribution is 2.17. The third-order valence-corrected chi connectivity index (χ3v) is 3.78. The minimum Gasteiger partial charge on any atom is -0.491 e. The molecule has 0 bridgehead atoms. The van der Waals surface area contributed by atoms with E-state index in [0.717, 1.165) is 21.6 Å². The zero-order chi connectivity index (χ0) is 18.9. The van der Waals surface area contributed by atoms with Crippen LogP contribution in [0.1, 0.15) is 20.3 Å². The van der Waals surface area contributed by atoms with E-state index < -0.39 is 0 Å². The lowest BCUT2D eigenvalue weighted by Crippen LogP contribution is -2.23. The molecular formula is C19H24BrIN4O2. The predicted octanol–water partition coefficient (Wildman–Crippen LogP) is 4.61. The van der Waals surface area contributed by atoms with Gasteiger partial charge in [-0.2, -0.15) is 0 Å². The number of nitrogens with two attached hydrogens (primary N) is 1. The monoisotopic (exact) mass is 546 g/mol. The van der Waals surface area contributed by atoms with Crippen molar-refractivity contribution in [3.8, 4) is 5.75 Å². The molecule has 0 radical (unpaired) electrons. The Labute approximate surface area is 185 Å². The van der Waals surface area contributed by atoms with Crippen LogP contribution in [0.25, 0.3) is 0 Å². The number of hydrogen-bond donors (Lipinski definition) is 3. The number of rotatable bonds is 7. The van der Waals surface area contributed by atoms with Crippen molar-refractivity contribution in [3.05, 3.63) is 53.0 Å². The Bertz CT molecular complexity index is 749. The smallest absolute Gasteiger partial charge is 0.226 e. The van der Waals surface area contributed by atoms with Gasteiger partial charge in [0.1, 0.15) is 5.75 Å². The fraction of sp³-hybridized carbons (Fsp3) is 0.263. The quantitative estimate of drug-likeness (QED) is 0.269. The molecule has 0 saturated heterocycles. The van der Waals surface area contributed by atoms with Crippen molar-refractivity contribution < 1.29 is 9.53 Å². The van der Waals surface area contributed by atoms with Crippen molar-refractivity contribution in [2.45, 2.75) is 26.4 Å². The molecule has 2 rings (SSSR count). The molecule has 0 unspecified atom stereocenters. The number of nitrogens with zero attached hydrogens (tertiary/aromatic N) is 1. The number of carbonyl (C=O) groups excluding carboxylic acids is 1. The summed E-state index contributed by atoms with van der Waals surface area (Å²) in [5.41, 5.74) is 7.40. The van der Waals surface area contributed by atoms with Crippen LogP contribution in [0.4, 0.5) is 11.4 Å². The summed E-state index contributed by atoms with van der Waals surface area (Å²) in [5.74, 6) is 0.948. The van der Waals surface area contributed by atoms with Crippen LogP contribution in [-0.2, 0) is 4.79 Å². The first-order chi connectivity index (χ1) is 12.4. The third-order valence-electron chi connectivity index (χ3n) is 3.25.